The minimum atomic E-state index is -0.826. The van der Waals surface area contributed by atoms with Crippen LogP contribution >= 0.6 is 11.6 Å². The van der Waals surface area contributed by atoms with Gasteiger partial charge in [-0.25, -0.2) is 4.39 Å². The van der Waals surface area contributed by atoms with Crippen LogP contribution in [0, 0.1) is 5.82 Å². The molecule has 0 amide bonds. The Balaban J connectivity index is 2.44. The Bertz CT molecular complexity index is 398. The molecule has 0 saturated carbocycles. The van der Waals surface area contributed by atoms with Crippen molar-refractivity contribution in [2.45, 2.75) is 32.4 Å². The average molecular weight is 260 g/mol. The summed E-state index contributed by atoms with van der Waals surface area (Å²) in [6.07, 6.45) is 0.615. The van der Waals surface area contributed by atoms with Gasteiger partial charge in [0, 0.05) is 24.6 Å². The van der Waals surface area contributed by atoms with E-state index in [1.807, 2.05) is 6.92 Å². The van der Waals surface area contributed by atoms with Crippen molar-refractivity contribution < 1.29 is 14.3 Å². The third-order valence-electron chi connectivity index (χ3n) is 2.46. The van der Waals surface area contributed by atoms with E-state index in [1.54, 1.807) is 12.1 Å². The summed E-state index contributed by atoms with van der Waals surface area (Å²) in [5.74, 6) is -1.25. The maximum atomic E-state index is 13.5. The number of aliphatic carboxylic acids is 1. The molecule has 0 saturated heterocycles. The first-order valence-corrected chi connectivity index (χ1v) is 5.76. The predicted octanol–water partition coefficient (Wildman–Crippen LogP) is 2.82. The van der Waals surface area contributed by atoms with Gasteiger partial charge in [0.25, 0.3) is 0 Å². The minimum absolute atomic E-state index is 0.0180. The van der Waals surface area contributed by atoms with Gasteiger partial charge in [0.1, 0.15) is 5.82 Å². The Morgan fingerprint density at radius 3 is 2.94 bits per heavy atom. The second-order valence-electron chi connectivity index (χ2n) is 3.93. The number of carboxylic acid groups (broad SMARTS) is 1. The van der Waals surface area contributed by atoms with E-state index < -0.39 is 11.8 Å². The van der Waals surface area contributed by atoms with Crippen LogP contribution < -0.4 is 5.32 Å². The maximum absolute atomic E-state index is 13.5. The zero-order valence-electron chi connectivity index (χ0n) is 9.54. The van der Waals surface area contributed by atoms with Crippen LogP contribution in [-0.2, 0) is 11.3 Å². The van der Waals surface area contributed by atoms with E-state index in [0.29, 0.717) is 18.5 Å². The SMILES string of the molecule is CC(CCC(=O)O)NCc1cccc(Cl)c1F. The number of hydrogen-bond acceptors (Lipinski definition) is 2. The van der Waals surface area contributed by atoms with E-state index in [-0.39, 0.29) is 17.5 Å². The highest BCUT2D eigenvalue weighted by Gasteiger charge is 2.08. The second kappa shape index (κ2) is 6.57. The predicted molar refractivity (Wildman–Crippen MR) is 64.6 cm³/mol. The van der Waals surface area contributed by atoms with Gasteiger partial charge in [0.05, 0.1) is 5.02 Å². The average Bonchev–Trinajstić information content (AvgIpc) is 2.28. The molecule has 1 aromatic rings. The van der Waals surface area contributed by atoms with E-state index in [9.17, 15) is 9.18 Å². The molecule has 17 heavy (non-hydrogen) atoms. The van der Waals surface area contributed by atoms with Gasteiger partial charge in [0.15, 0.2) is 0 Å². The van der Waals surface area contributed by atoms with Crippen LogP contribution in [0.3, 0.4) is 0 Å². The smallest absolute Gasteiger partial charge is 0.303 e. The van der Waals surface area contributed by atoms with Crippen molar-refractivity contribution in [1.29, 1.82) is 0 Å². The van der Waals surface area contributed by atoms with Crippen molar-refractivity contribution >= 4 is 17.6 Å². The lowest BCUT2D eigenvalue weighted by atomic mass is 10.1. The summed E-state index contributed by atoms with van der Waals surface area (Å²) >= 11 is 5.65. The van der Waals surface area contributed by atoms with Crippen molar-refractivity contribution in [2.24, 2.45) is 0 Å². The Labute approximate surface area is 105 Å². The third-order valence-corrected chi connectivity index (χ3v) is 2.76. The van der Waals surface area contributed by atoms with Crippen LogP contribution in [0.4, 0.5) is 4.39 Å². The van der Waals surface area contributed by atoms with Crippen LogP contribution in [0.2, 0.25) is 5.02 Å². The first kappa shape index (κ1) is 13.9. The highest BCUT2D eigenvalue weighted by molar-refractivity contribution is 6.30. The van der Waals surface area contributed by atoms with Crippen molar-refractivity contribution in [3.8, 4) is 0 Å². The summed E-state index contributed by atoms with van der Waals surface area (Å²) < 4.78 is 13.5. The second-order valence-corrected chi connectivity index (χ2v) is 4.33. The van der Waals surface area contributed by atoms with E-state index >= 15 is 0 Å². The summed E-state index contributed by atoms with van der Waals surface area (Å²) in [6.45, 7) is 2.21. The van der Waals surface area contributed by atoms with Gasteiger partial charge in [-0.05, 0) is 19.4 Å². The van der Waals surface area contributed by atoms with Crippen LogP contribution in [0.1, 0.15) is 25.3 Å². The molecule has 1 aromatic carbocycles. The van der Waals surface area contributed by atoms with Gasteiger partial charge in [-0.1, -0.05) is 23.7 Å². The summed E-state index contributed by atoms with van der Waals surface area (Å²) in [4.78, 5) is 10.4. The quantitative estimate of drug-likeness (QED) is 0.826. The van der Waals surface area contributed by atoms with Crippen LogP contribution in [0.5, 0.6) is 0 Å². The topological polar surface area (TPSA) is 49.3 Å². The molecule has 94 valence electrons. The lowest BCUT2D eigenvalue weighted by Gasteiger charge is -2.13. The Morgan fingerprint density at radius 1 is 1.59 bits per heavy atom. The van der Waals surface area contributed by atoms with E-state index in [2.05, 4.69) is 5.32 Å². The highest BCUT2D eigenvalue weighted by Crippen LogP contribution is 2.17. The highest BCUT2D eigenvalue weighted by atomic mass is 35.5. The normalized spacial score (nSPS) is 12.4. The number of rotatable bonds is 6. The molecule has 1 atom stereocenters. The van der Waals surface area contributed by atoms with Gasteiger partial charge in [-0.2, -0.15) is 0 Å². The van der Waals surface area contributed by atoms with Crippen LogP contribution in [0.25, 0.3) is 0 Å². The number of nitrogens with one attached hydrogen (secondary N) is 1. The van der Waals surface area contributed by atoms with Crippen molar-refractivity contribution in [1.82, 2.24) is 5.32 Å². The fourth-order valence-electron chi connectivity index (χ4n) is 1.41. The maximum Gasteiger partial charge on any atom is 0.303 e. The number of carbonyl (C=O) groups is 1. The van der Waals surface area contributed by atoms with E-state index in [0.717, 1.165) is 0 Å². The first-order valence-electron chi connectivity index (χ1n) is 5.38. The van der Waals surface area contributed by atoms with Gasteiger partial charge in [0.2, 0.25) is 0 Å². The molecule has 5 heteroatoms. The lowest BCUT2D eigenvalue weighted by molar-refractivity contribution is -0.137. The molecule has 0 aliphatic heterocycles. The number of benzene rings is 1. The van der Waals surface area contributed by atoms with Gasteiger partial charge in [-0.3, -0.25) is 4.79 Å². The minimum Gasteiger partial charge on any atom is -0.481 e. The molecule has 3 nitrogen and oxygen atoms in total. The molecular formula is C12H15ClFNO2. The standard InChI is InChI=1S/C12H15ClFNO2/c1-8(5-6-11(16)17)15-7-9-3-2-4-10(13)12(9)14/h2-4,8,15H,5-7H2,1H3,(H,16,17). The largest absolute Gasteiger partial charge is 0.481 e. The summed E-state index contributed by atoms with van der Waals surface area (Å²) in [6, 6.07) is 4.85. The van der Waals surface area contributed by atoms with Gasteiger partial charge in [-0.15, -0.1) is 0 Å². The molecule has 0 aliphatic carbocycles. The molecule has 1 rings (SSSR count). The number of hydrogen-bond donors (Lipinski definition) is 2. The third kappa shape index (κ3) is 4.71. The molecule has 2 N–H and O–H groups in total. The van der Waals surface area contributed by atoms with Gasteiger partial charge < -0.3 is 10.4 Å². The van der Waals surface area contributed by atoms with Crippen LogP contribution in [0.15, 0.2) is 18.2 Å². The summed E-state index contributed by atoms with van der Waals surface area (Å²) in [7, 11) is 0. The first-order chi connectivity index (χ1) is 8.00. The van der Waals surface area contributed by atoms with E-state index in [1.165, 1.54) is 6.07 Å². The lowest BCUT2D eigenvalue weighted by Crippen LogP contribution is -2.26. The molecule has 0 heterocycles. The molecule has 0 aromatic heterocycles. The van der Waals surface area contributed by atoms with E-state index in [4.69, 9.17) is 16.7 Å². The van der Waals surface area contributed by atoms with Crippen LogP contribution in [-0.4, -0.2) is 17.1 Å². The Morgan fingerprint density at radius 2 is 2.29 bits per heavy atom. The number of halogens is 2. The van der Waals surface area contributed by atoms with Crippen molar-refractivity contribution in [2.75, 3.05) is 0 Å². The Kier molecular flexibility index (Phi) is 5.38. The van der Waals surface area contributed by atoms with Crippen molar-refractivity contribution in [3.63, 3.8) is 0 Å². The molecule has 0 spiro atoms. The zero-order chi connectivity index (χ0) is 12.8. The molecule has 0 bridgehead atoms. The fraction of sp³-hybridized carbons (Fsp3) is 0.417. The number of carboxylic acids is 1. The molecule has 0 aliphatic rings. The zero-order valence-corrected chi connectivity index (χ0v) is 10.3. The molecule has 0 fully saturated rings. The molecule has 0 radical (unpaired) electrons. The fourth-order valence-corrected chi connectivity index (χ4v) is 1.61. The molecule has 1 unspecified atom stereocenters. The summed E-state index contributed by atoms with van der Waals surface area (Å²) in [5, 5.41) is 11.7. The van der Waals surface area contributed by atoms with Gasteiger partial charge >= 0.3 is 5.97 Å². The molecular weight excluding hydrogens is 245 g/mol. The Hall–Kier alpha value is -1.13. The summed E-state index contributed by atoms with van der Waals surface area (Å²) in [5.41, 5.74) is 0.486. The van der Waals surface area contributed by atoms with Crippen molar-refractivity contribution in [3.05, 3.63) is 34.6 Å². The monoisotopic (exact) mass is 259 g/mol.